The van der Waals surface area contributed by atoms with Crippen molar-refractivity contribution in [2.45, 2.75) is 26.2 Å². The maximum atomic E-state index is 12.8. The number of hydrogen-bond donors (Lipinski definition) is 0. The van der Waals surface area contributed by atoms with Crippen LogP contribution in [-0.4, -0.2) is 56.6 Å². The molecule has 1 fully saturated rings. The van der Waals surface area contributed by atoms with Gasteiger partial charge in [0.25, 0.3) is 11.7 Å². The molecule has 0 spiro atoms. The highest BCUT2D eigenvalue weighted by Gasteiger charge is 2.25. The Hall–Kier alpha value is -4.25. The Balaban J connectivity index is 1.32. The molecule has 0 unspecified atom stereocenters. The molecule has 176 valence electrons. The van der Waals surface area contributed by atoms with E-state index in [9.17, 15) is 4.79 Å². The van der Waals surface area contributed by atoms with Crippen LogP contribution in [0.3, 0.4) is 0 Å². The SMILES string of the molecule is CC(C)(C)c1ccc(-c2ccnc3nc(N4CCN(C(=O)c5ccc(C#N)cc5)CC4)nn23)cc1. The van der Waals surface area contributed by atoms with Gasteiger partial charge in [0.1, 0.15) is 0 Å². The standard InChI is InChI=1S/C27H27N7O/c1-27(2,3)22-10-8-20(9-11-22)23-12-13-29-25-30-26(31-34(23)25)33-16-14-32(15-17-33)24(35)21-6-4-19(18-28)5-7-21/h4-13H,14-17H2,1-3H3. The maximum absolute atomic E-state index is 12.8. The van der Waals surface area contributed by atoms with E-state index in [1.54, 1.807) is 35.0 Å². The van der Waals surface area contributed by atoms with Gasteiger partial charge in [-0.3, -0.25) is 4.79 Å². The molecule has 1 saturated heterocycles. The third kappa shape index (κ3) is 4.45. The molecular weight excluding hydrogens is 438 g/mol. The highest BCUT2D eigenvalue weighted by molar-refractivity contribution is 5.94. The van der Waals surface area contributed by atoms with Crippen LogP contribution in [0.15, 0.2) is 60.8 Å². The first-order chi connectivity index (χ1) is 16.8. The Morgan fingerprint density at radius 1 is 0.943 bits per heavy atom. The average molecular weight is 466 g/mol. The number of nitrogens with zero attached hydrogens (tertiary/aromatic N) is 7. The topological polar surface area (TPSA) is 90.4 Å². The number of fused-ring (bicyclic) bond motifs is 1. The van der Waals surface area contributed by atoms with Crippen molar-refractivity contribution in [1.29, 1.82) is 5.26 Å². The van der Waals surface area contributed by atoms with Crippen molar-refractivity contribution >= 4 is 17.6 Å². The van der Waals surface area contributed by atoms with E-state index in [0.29, 0.717) is 49.0 Å². The number of rotatable bonds is 3. The molecule has 3 heterocycles. The Bertz CT molecular complexity index is 1400. The first kappa shape index (κ1) is 22.5. The minimum atomic E-state index is -0.0280. The van der Waals surface area contributed by atoms with Gasteiger partial charge < -0.3 is 9.80 Å². The summed E-state index contributed by atoms with van der Waals surface area (Å²) in [5.41, 5.74) is 4.50. The van der Waals surface area contributed by atoms with Crippen molar-refractivity contribution in [1.82, 2.24) is 24.5 Å². The zero-order chi connectivity index (χ0) is 24.6. The first-order valence-electron chi connectivity index (χ1n) is 11.7. The predicted molar refractivity (Wildman–Crippen MR) is 134 cm³/mol. The summed E-state index contributed by atoms with van der Waals surface area (Å²) in [6.45, 7) is 9.02. The third-order valence-corrected chi connectivity index (χ3v) is 6.39. The second-order valence-electron chi connectivity index (χ2n) is 9.75. The number of piperazine rings is 1. The summed E-state index contributed by atoms with van der Waals surface area (Å²) in [5, 5.41) is 13.7. The van der Waals surface area contributed by atoms with E-state index in [4.69, 9.17) is 10.4 Å². The van der Waals surface area contributed by atoms with Gasteiger partial charge in [-0.25, -0.2) is 4.98 Å². The number of amides is 1. The van der Waals surface area contributed by atoms with Crippen molar-refractivity contribution in [3.8, 4) is 17.3 Å². The number of benzene rings is 2. The maximum Gasteiger partial charge on any atom is 0.254 e. The Labute approximate surface area is 204 Å². The van der Waals surface area contributed by atoms with Crippen LogP contribution in [0.4, 0.5) is 5.95 Å². The lowest BCUT2D eigenvalue weighted by Crippen LogP contribution is -2.49. The molecular formula is C27H27N7O. The molecule has 0 aliphatic carbocycles. The zero-order valence-electron chi connectivity index (χ0n) is 20.1. The van der Waals surface area contributed by atoms with Gasteiger partial charge in [-0.1, -0.05) is 45.0 Å². The molecule has 5 rings (SSSR count). The molecule has 0 bridgehead atoms. The predicted octanol–water partition coefficient (Wildman–Crippen LogP) is 3.92. The van der Waals surface area contributed by atoms with E-state index in [1.807, 2.05) is 11.0 Å². The Morgan fingerprint density at radius 3 is 2.26 bits per heavy atom. The smallest absolute Gasteiger partial charge is 0.254 e. The number of aromatic nitrogens is 4. The normalized spacial score (nSPS) is 14.2. The van der Waals surface area contributed by atoms with Gasteiger partial charge in [-0.15, -0.1) is 5.10 Å². The van der Waals surface area contributed by atoms with Gasteiger partial charge in [-0.05, 0) is 41.3 Å². The van der Waals surface area contributed by atoms with Crippen LogP contribution in [0.1, 0.15) is 42.3 Å². The lowest BCUT2D eigenvalue weighted by molar-refractivity contribution is 0.0746. The van der Waals surface area contributed by atoms with Crippen LogP contribution in [0.2, 0.25) is 0 Å². The van der Waals surface area contributed by atoms with Crippen LogP contribution in [0.5, 0.6) is 0 Å². The molecule has 1 aliphatic heterocycles. The summed E-state index contributed by atoms with van der Waals surface area (Å²) in [7, 11) is 0. The van der Waals surface area contributed by atoms with Crippen molar-refractivity contribution in [2.75, 3.05) is 31.1 Å². The van der Waals surface area contributed by atoms with Crippen LogP contribution in [0.25, 0.3) is 17.0 Å². The minimum absolute atomic E-state index is 0.0280. The Kier molecular flexibility index (Phi) is 5.69. The van der Waals surface area contributed by atoms with Crippen LogP contribution in [-0.2, 0) is 5.41 Å². The highest BCUT2D eigenvalue weighted by atomic mass is 16.2. The van der Waals surface area contributed by atoms with E-state index < -0.39 is 0 Å². The number of anilines is 1. The molecule has 1 aliphatic rings. The molecule has 2 aromatic carbocycles. The van der Waals surface area contributed by atoms with E-state index >= 15 is 0 Å². The molecule has 0 radical (unpaired) electrons. The summed E-state index contributed by atoms with van der Waals surface area (Å²) in [6, 6.07) is 19.3. The van der Waals surface area contributed by atoms with Gasteiger partial charge in [0.2, 0.25) is 5.95 Å². The molecule has 35 heavy (non-hydrogen) atoms. The van der Waals surface area contributed by atoms with Gasteiger partial charge >= 0.3 is 0 Å². The minimum Gasteiger partial charge on any atom is -0.336 e. The van der Waals surface area contributed by atoms with Crippen molar-refractivity contribution in [2.24, 2.45) is 0 Å². The molecule has 0 N–H and O–H groups in total. The molecule has 8 nitrogen and oxygen atoms in total. The lowest BCUT2D eigenvalue weighted by Gasteiger charge is -2.34. The van der Waals surface area contributed by atoms with Crippen LogP contribution >= 0.6 is 0 Å². The quantitative estimate of drug-likeness (QED) is 0.455. The molecule has 0 atom stereocenters. The third-order valence-electron chi connectivity index (χ3n) is 6.39. The molecule has 8 heteroatoms. The van der Waals surface area contributed by atoms with Gasteiger partial charge in [0, 0.05) is 43.5 Å². The van der Waals surface area contributed by atoms with E-state index in [2.05, 4.69) is 66.0 Å². The number of carbonyl (C=O) groups excluding carboxylic acids is 1. The van der Waals surface area contributed by atoms with Crippen LogP contribution < -0.4 is 4.90 Å². The van der Waals surface area contributed by atoms with E-state index in [-0.39, 0.29) is 11.3 Å². The largest absolute Gasteiger partial charge is 0.336 e. The summed E-state index contributed by atoms with van der Waals surface area (Å²) in [4.78, 5) is 25.8. The van der Waals surface area contributed by atoms with Gasteiger partial charge in [-0.2, -0.15) is 14.8 Å². The van der Waals surface area contributed by atoms with Gasteiger partial charge in [0.05, 0.1) is 17.3 Å². The second kappa shape index (κ2) is 8.84. The second-order valence-corrected chi connectivity index (χ2v) is 9.75. The highest BCUT2D eigenvalue weighted by Crippen LogP contribution is 2.26. The number of carbonyl (C=O) groups is 1. The summed E-state index contributed by atoms with van der Waals surface area (Å²) in [5.74, 6) is 1.13. The Morgan fingerprint density at radius 2 is 1.63 bits per heavy atom. The van der Waals surface area contributed by atoms with Crippen LogP contribution in [0, 0.1) is 11.3 Å². The number of hydrogen-bond acceptors (Lipinski definition) is 6. The van der Waals surface area contributed by atoms with Gasteiger partial charge in [0.15, 0.2) is 0 Å². The fourth-order valence-corrected chi connectivity index (χ4v) is 4.26. The summed E-state index contributed by atoms with van der Waals surface area (Å²) in [6.07, 6.45) is 1.76. The number of nitriles is 1. The zero-order valence-corrected chi connectivity index (χ0v) is 20.1. The monoisotopic (exact) mass is 465 g/mol. The summed E-state index contributed by atoms with van der Waals surface area (Å²) < 4.78 is 1.79. The van der Waals surface area contributed by atoms with Crippen molar-refractivity contribution in [3.05, 3.63) is 77.5 Å². The van der Waals surface area contributed by atoms with E-state index in [0.717, 1.165) is 11.3 Å². The molecule has 1 amide bonds. The fraction of sp³-hybridized carbons (Fsp3) is 0.296. The molecule has 0 saturated carbocycles. The fourth-order valence-electron chi connectivity index (χ4n) is 4.26. The lowest BCUT2D eigenvalue weighted by atomic mass is 9.86. The average Bonchev–Trinajstić information content (AvgIpc) is 3.33. The first-order valence-corrected chi connectivity index (χ1v) is 11.7. The summed E-state index contributed by atoms with van der Waals surface area (Å²) >= 11 is 0. The van der Waals surface area contributed by atoms with E-state index in [1.165, 1.54) is 5.56 Å². The molecule has 4 aromatic rings. The van der Waals surface area contributed by atoms with Crippen molar-refractivity contribution < 1.29 is 4.79 Å². The van der Waals surface area contributed by atoms with Crippen molar-refractivity contribution in [3.63, 3.8) is 0 Å². The molecule has 2 aromatic heterocycles.